The molecule has 7 heteroatoms. The van der Waals surface area contributed by atoms with Crippen molar-refractivity contribution in [1.82, 2.24) is 19.8 Å². The molecule has 1 fully saturated rings. The van der Waals surface area contributed by atoms with Crippen LogP contribution in [0, 0.1) is 11.7 Å². The Bertz CT molecular complexity index is 860. The summed E-state index contributed by atoms with van der Waals surface area (Å²) in [5, 5.41) is 16.2. The molecule has 0 aliphatic carbocycles. The van der Waals surface area contributed by atoms with Crippen LogP contribution < -0.4 is 10.2 Å². The SMILES string of the molecule is CCc1nnc2ccc(NCC3CCN(c4ccc(F)cc4)C3)nn12. The summed E-state index contributed by atoms with van der Waals surface area (Å²) < 4.78 is 14.8. The summed E-state index contributed by atoms with van der Waals surface area (Å²) >= 11 is 0. The van der Waals surface area contributed by atoms with Crippen molar-refractivity contribution < 1.29 is 4.39 Å². The van der Waals surface area contributed by atoms with Crippen LogP contribution in [0.4, 0.5) is 15.9 Å². The van der Waals surface area contributed by atoms with Crippen molar-refractivity contribution in [3.8, 4) is 0 Å². The first kappa shape index (κ1) is 15.8. The molecule has 6 nitrogen and oxygen atoms in total. The molecule has 130 valence electrons. The quantitative estimate of drug-likeness (QED) is 0.774. The number of rotatable bonds is 5. The Morgan fingerprint density at radius 1 is 1.16 bits per heavy atom. The number of anilines is 2. The number of benzene rings is 1. The van der Waals surface area contributed by atoms with Crippen LogP contribution in [0.15, 0.2) is 36.4 Å². The monoisotopic (exact) mass is 340 g/mol. The molecule has 3 heterocycles. The minimum atomic E-state index is -0.192. The Labute approximate surface area is 145 Å². The maximum absolute atomic E-state index is 13.1. The standard InChI is InChI=1S/C18H21FN6/c1-2-17-21-22-18-8-7-16(23-25(17)18)20-11-13-9-10-24(12-13)15-5-3-14(19)4-6-15/h3-8,13H,2,9-12H2,1H3,(H,20,23). The molecule has 1 atom stereocenters. The van der Waals surface area contributed by atoms with E-state index in [4.69, 9.17) is 0 Å². The van der Waals surface area contributed by atoms with Crippen LogP contribution in [0.3, 0.4) is 0 Å². The summed E-state index contributed by atoms with van der Waals surface area (Å²) in [7, 11) is 0. The average Bonchev–Trinajstić information content (AvgIpc) is 3.27. The second-order valence-electron chi connectivity index (χ2n) is 6.42. The molecule has 4 rings (SSSR count). The van der Waals surface area contributed by atoms with Crippen LogP contribution >= 0.6 is 0 Å². The van der Waals surface area contributed by atoms with Gasteiger partial charge in [-0.05, 0) is 48.7 Å². The van der Waals surface area contributed by atoms with Crippen molar-refractivity contribution in [3.05, 3.63) is 48.0 Å². The summed E-state index contributed by atoms with van der Waals surface area (Å²) in [6.45, 7) is 4.87. The van der Waals surface area contributed by atoms with E-state index in [0.717, 1.165) is 55.5 Å². The fourth-order valence-electron chi connectivity index (χ4n) is 3.28. The lowest BCUT2D eigenvalue weighted by molar-refractivity contribution is 0.619. The number of hydrogen-bond donors (Lipinski definition) is 1. The number of halogens is 1. The maximum Gasteiger partial charge on any atom is 0.178 e. The number of nitrogens with zero attached hydrogens (tertiary/aromatic N) is 5. The Morgan fingerprint density at radius 2 is 2.00 bits per heavy atom. The van der Waals surface area contributed by atoms with Gasteiger partial charge < -0.3 is 10.2 Å². The van der Waals surface area contributed by atoms with E-state index < -0.39 is 0 Å². The van der Waals surface area contributed by atoms with E-state index in [-0.39, 0.29) is 5.82 Å². The summed E-state index contributed by atoms with van der Waals surface area (Å²) in [6.07, 6.45) is 1.91. The lowest BCUT2D eigenvalue weighted by Crippen LogP contribution is -2.22. The Balaban J connectivity index is 1.38. The maximum atomic E-state index is 13.1. The fraction of sp³-hybridized carbons (Fsp3) is 0.389. The third-order valence-electron chi connectivity index (χ3n) is 4.69. The molecule has 0 spiro atoms. The largest absolute Gasteiger partial charge is 0.371 e. The van der Waals surface area contributed by atoms with Gasteiger partial charge in [0.1, 0.15) is 11.6 Å². The highest BCUT2D eigenvalue weighted by Gasteiger charge is 2.22. The van der Waals surface area contributed by atoms with Crippen LogP contribution in [0.2, 0.25) is 0 Å². The molecule has 1 saturated heterocycles. The summed E-state index contributed by atoms with van der Waals surface area (Å²) in [6, 6.07) is 10.6. The zero-order valence-electron chi connectivity index (χ0n) is 14.2. The van der Waals surface area contributed by atoms with Gasteiger partial charge >= 0.3 is 0 Å². The van der Waals surface area contributed by atoms with Crippen LogP contribution in [0.5, 0.6) is 0 Å². The number of fused-ring (bicyclic) bond motifs is 1. The molecule has 0 amide bonds. The van der Waals surface area contributed by atoms with E-state index >= 15 is 0 Å². The summed E-state index contributed by atoms with van der Waals surface area (Å²) in [5.74, 6) is 2.04. The zero-order chi connectivity index (χ0) is 17.2. The third-order valence-corrected chi connectivity index (χ3v) is 4.69. The van der Waals surface area contributed by atoms with E-state index in [1.54, 1.807) is 4.52 Å². The molecule has 1 aliphatic heterocycles. The van der Waals surface area contributed by atoms with Crippen LogP contribution in [0.1, 0.15) is 19.2 Å². The first-order chi connectivity index (χ1) is 12.2. The molecule has 2 aromatic heterocycles. The second kappa shape index (κ2) is 6.66. The van der Waals surface area contributed by atoms with E-state index in [2.05, 4.69) is 25.5 Å². The second-order valence-corrected chi connectivity index (χ2v) is 6.42. The van der Waals surface area contributed by atoms with Gasteiger partial charge in [0.2, 0.25) is 0 Å². The van der Waals surface area contributed by atoms with Crippen molar-refractivity contribution in [3.63, 3.8) is 0 Å². The van der Waals surface area contributed by atoms with E-state index in [9.17, 15) is 4.39 Å². The number of aromatic nitrogens is 4. The first-order valence-corrected chi connectivity index (χ1v) is 8.68. The van der Waals surface area contributed by atoms with Gasteiger partial charge in [-0.15, -0.1) is 15.3 Å². The van der Waals surface area contributed by atoms with Gasteiger partial charge in [0.05, 0.1) is 0 Å². The number of nitrogens with one attached hydrogen (secondary N) is 1. The van der Waals surface area contributed by atoms with Gasteiger partial charge in [-0.1, -0.05) is 6.92 Å². The molecule has 1 aliphatic rings. The van der Waals surface area contributed by atoms with E-state index in [1.165, 1.54) is 12.1 Å². The van der Waals surface area contributed by atoms with Crippen molar-refractivity contribution >= 4 is 17.2 Å². The first-order valence-electron chi connectivity index (χ1n) is 8.68. The predicted molar refractivity (Wildman–Crippen MR) is 95.4 cm³/mol. The van der Waals surface area contributed by atoms with Gasteiger partial charge in [-0.3, -0.25) is 0 Å². The highest BCUT2D eigenvalue weighted by molar-refractivity contribution is 5.48. The van der Waals surface area contributed by atoms with Crippen molar-refractivity contribution in [2.45, 2.75) is 19.8 Å². The molecular formula is C18H21FN6. The van der Waals surface area contributed by atoms with Gasteiger partial charge in [0.25, 0.3) is 0 Å². The number of hydrogen-bond acceptors (Lipinski definition) is 5. The van der Waals surface area contributed by atoms with Gasteiger partial charge in [0.15, 0.2) is 11.5 Å². The van der Waals surface area contributed by atoms with E-state index in [0.29, 0.717) is 5.92 Å². The molecule has 0 bridgehead atoms. The molecular weight excluding hydrogens is 319 g/mol. The molecule has 3 aromatic rings. The normalized spacial score (nSPS) is 17.4. The minimum Gasteiger partial charge on any atom is -0.371 e. The fourth-order valence-corrected chi connectivity index (χ4v) is 3.28. The van der Waals surface area contributed by atoms with Crippen LogP contribution in [-0.4, -0.2) is 39.4 Å². The average molecular weight is 340 g/mol. The van der Waals surface area contributed by atoms with Crippen molar-refractivity contribution in [2.24, 2.45) is 5.92 Å². The molecule has 1 unspecified atom stereocenters. The van der Waals surface area contributed by atoms with Crippen molar-refractivity contribution in [1.29, 1.82) is 0 Å². The van der Waals surface area contributed by atoms with Gasteiger partial charge in [-0.2, -0.15) is 4.52 Å². The molecule has 0 saturated carbocycles. The van der Waals surface area contributed by atoms with Crippen LogP contribution in [0.25, 0.3) is 5.65 Å². The Kier molecular flexibility index (Phi) is 4.21. The molecule has 0 radical (unpaired) electrons. The Morgan fingerprint density at radius 3 is 2.80 bits per heavy atom. The predicted octanol–water partition coefficient (Wildman–Crippen LogP) is 2.76. The Hall–Kier alpha value is -2.70. The lowest BCUT2D eigenvalue weighted by atomic mass is 10.1. The highest BCUT2D eigenvalue weighted by Crippen LogP contribution is 2.24. The zero-order valence-corrected chi connectivity index (χ0v) is 14.2. The lowest BCUT2D eigenvalue weighted by Gasteiger charge is -2.19. The highest BCUT2D eigenvalue weighted by atomic mass is 19.1. The van der Waals surface area contributed by atoms with Gasteiger partial charge in [0, 0.05) is 31.7 Å². The smallest absolute Gasteiger partial charge is 0.178 e. The van der Waals surface area contributed by atoms with E-state index in [1.807, 2.05) is 31.2 Å². The summed E-state index contributed by atoms with van der Waals surface area (Å²) in [4.78, 5) is 2.30. The molecule has 25 heavy (non-hydrogen) atoms. The minimum absolute atomic E-state index is 0.192. The van der Waals surface area contributed by atoms with Crippen molar-refractivity contribution in [2.75, 3.05) is 29.9 Å². The summed E-state index contributed by atoms with van der Waals surface area (Å²) in [5.41, 5.74) is 1.85. The topological polar surface area (TPSA) is 58.4 Å². The molecule has 1 N–H and O–H groups in total. The number of aryl methyl sites for hydroxylation is 1. The third kappa shape index (κ3) is 3.26. The molecule has 1 aromatic carbocycles. The van der Waals surface area contributed by atoms with Gasteiger partial charge in [-0.25, -0.2) is 4.39 Å². The van der Waals surface area contributed by atoms with Crippen LogP contribution in [-0.2, 0) is 6.42 Å².